The fourth-order valence-corrected chi connectivity index (χ4v) is 3.25. The number of carbonyl (C=O) groups excluding carboxylic acids is 1. The molecular weight excluding hydrogens is 349 g/mol. The van der Waals surface area contributed by atoms with Gasteiger partial charge in [0.25, 0.3) is 0 Å². The average Bonchev–Trinajstić information content (AvgIpc) is 2.93. The Morgan fingerprint density at radius 2 is 2.15 bits per heavy atom. The van der Waals surface area contributed by atoms with Gasteiger partial charge in [-0.3, -0.25) is 0 Å². The van der Waals surface area contributed by atoms with E-state index in [4.69, 9.17) is 4.74 Å². The average molecular weight is 375 g/mol. The highest BCUT2D eigenvalue weighted by molar-refractivity contribution is 5.89. The molecule has 1 atom stereocenters. The molecule has 146 valence electrons. The van der Waals surface area contributed by atoms with Gasteiger partial charge in [-0.2, -0.15) is 5.10 Å². The van der Waals surface area contributed by atoms with Crippen LogP contribution in [0.1, 0.15) is 11.4 Å². The van der Waals surface area contributed by atoms with Crippen LogP contribution in [0.15, 0.2) is 24.3 Å². The molecule has 1 aromatic carbocycles. The van der Waals surface area contributed by atoms with Crippen LogP contribution in [0, 0.1) is 19.7 Å². The molecule has 3 rings (SSSR count). The second-order valence-electron chi connectivity index (χ2n) is 7.14. The first-order valence-corrected chi connectivity index (χ1v) is 8.99. The molecule has 0 radical (unpaired) electrons. The molecule has 1 aromatic heterocycles. The quantitative estimate of drug-likeness (QED) is 0.892. The number of ether oxygens (including phenoxy) is 1. The van der Waals surface area contributed by atoms with Crippen LogP contribution in [0.5, 0.6) is 0 Å². The third-order valence-corrected chi connectivity index (χ3v) is 4.43. The van der Waals surface area contributed by atoms with Crippen molar-refractivity contribution in [1.29, 1.82) is 0 Å². The van der Waals surface area contributed by atoms with Crippen molar-refractivity contribution in [2.24, 2.45) is 0 Å². The Morgan fingerprint density at radius 1 is 1.37 bits per heavy atom. The molecule has 7 nitrogen and oxygen atoms in total. The maximum absolute atomic E-state index is 14.6. The monoisotopic (exact) mass is 375 g/mol. The Bertz CT molecular complexity index is 820. The molecular formula is C19H26FN5O2. The minimum atomic E-state index is -0.438. The summed E-state index contributed by atoms with van der Waals surface area (Å²) in [5.74, 6) is -0.438. The minimum absolute atomic E-state index is 0.0235. The lowest BCUT2D eigenvalue weighted by Crippen LogP contribution is -2.50. The predicted octanol–water partition coefficient (Wildman–Crippen LogP) is 2.42. The molecule has 1 aliphatic heterocycles. The molecule has 1 fully saturated rings. The highest BCUT2D eigenvalue weighted by Gasteiger charge is 2.25. The van der Waals surface area contributed by atoms with E-state index in [1.54, 1.807) is 21.7 Å². The van der Waals surface area contributed by atoms with Crippen molar-refractivity contribution in [3.63, 3.8) is 0 Å². The predicted molar refractivity (Wildman–Crippen MR) is 102 cm³/mol. The number of nitrogens with zero attached hydrogens (tertiary/aromatic N) is 4. The zero-order valence-electron chi connectivity index (χ0n) is 16.2. The summed E-state index contributed by atoms with van der Waals surface area (Å²) in [6.45, 7) is 6.00. The van der Waals surface area contributed by atoms with E-state index < -0.39 is 5.82 Å². The van der Waals surface area contributed by atoms with E-state index in [1.807, 2.05) is 38.9 Å². The normalized spacial score (nSPS) is 17.4. The highest BCUT2D eigenvalue weighted by Crippen LogP contribution is 2.20. The fourth-order valence-electron chi connectivity index (χ4n) is 3.25. The van der Waals surface area contributed by atoms with Gasteiger partial charge in [-0.05, 0) is 52.2 Å². The maximum atomic E-state index is 14.6. The van der Waals surface area contributed by atoms with E-state index in [0.717, 1.165) is 17.9 Å². The number of carbonyl (C=O) groups is 1. The summed E-state index contributed by atoms with van der Waals surface area (Å²) in [6, 6.07) is 6.27. The van der Waals surface area contributed by atoms with Crippen molar-refractivity contribution in [3.8, 4) is 5.69 Å². The molecule has 1 saturated heterocycles. The van der Waals surface area contributed by atoms with Gasteiger partial charge in [-0.15, -0.1) is 0 Å². The first-order chi connectivity index (χ1) is 12.8. The van der Waals surface area contributed by atoms with Crippen LogP contribution in [-0.4, -0.2) is 72.1 Å². The second-order valence-corrected chi connectivity index (χ2v) is 7.14. The summed E-state index contributed by atoms with van der Waals surface area (Å²) in [5.41, 5.74) is 2.45. The molecule has 27 heavy (non-hydrogen) atoms. The Labute approximate surface area is 158 Å². The van der Waals surface area contributed by atoms with Gasteiger partial charge in [0.2, 0.25) is 0 Å². The van der Waals surface area contributed by atoms with E-state index in [9.17, 15) is 9.18 Å². The van der Waals surface area contributed by atoms with E-state index in [1.165, 1.54) is 6.07 Å². The topological polar surface area (TPSA) is 62.6 Å². The lowest BCUT2D eigenvalue weighted by atomic mass is 10.2. The zero-order valence-corrected chi connectivity index (χ0v) is 16.2. The Morgan fingerprint density at radius 3 is 2.78 bits per heavy atom. The van der Waals surface area contributed by atoms with Gasteiger partial charge >= 0.3 is 6.03 Å². The summed E-state index contributed by atoms with van der Waals surface area (Å²) < 4.78 is 21.8. The van der Waals surface area contributed by atoms with Crippen LogP contribution in [0.4, 0.5) is 14.9 Å². The van der Waals surface area contributed by atoms with Gasteiger partial charge in [0.05, 0.1) is 18.4 Å². The van der Waals surface area contributed by atoms with Crippen LogP contribution < -0.4 is 5.32 Å². The molecule has 0 saturated carbocycles. The number of benzene rings is 1. The van der Waals surface area contributed by atoms with Crippen molar-refractivity contribution >= 4 is 11.7 Å². The summed E-state index contributed by atoms with van der Waals surface area (Å²) in [4.78, 5) is 16.3. The number of aromatic nitrogens is 2. The number of urea groups is 1. The third kappa shape index (κ3) is 4.64. The van der Waals surface area contributed by atoms with Crippen LogP contribution in [0.3, 0.4) is 0 Å². The summed E-state index contributed by atoms with van der Waals surface area (Å²) >= 11 is 0. The number of halogens is 1. The number of rotatable bonds is 4. The first-order valence-electron chi connectivity index (χ1n) is 8.99. The van der Waals surface area contributed by atoms with Gasteiger partial charge < -0.3 is 19.9 Å². The van der Waals surface area contributed by atoms with E-state index in [0.29, 0.717) is 31.1 Å². The third-order valence-electron chi connectivity index (χ3n) is 4.43. The number of aryl methyl sites for hydroxylation is 2. The number of amides is 2. The lowest BCUT2D eigenvalue weighted by Gasteiger charge is -2.34. The van der Waals surface area contributed by atoms with Crippen LogP contribution in [-0.2, 0) is 4.74 Å². The van der Waals surface area contributed by atoms with Crippen molar-refractivity contribution in [2.45, 2.75) is 20.0 Å². The van der Waals surface area contributed by atoms with Crippen molar-refractivity contribution in [2.75, 3.05) is 45.7 Å². The molecule has 0 aliphatic carbocycles. The van der Waals surface area contributed by atoms with E-state index in [2.05, 4.69) is 10.4 Å². The standard InChI is InChI=1S/C19H26FN5O2/c1-13-9-14(2)25(22-13)18-6-5-15(10-17(18)20)21-19(26)24-7-8-27-16(12-24)11-23(3)4/h5-6,9-10,16H,7-8,11-12H2,1-4H3,(H,21,26). The van der Waals surface area contributed by atoms with Gasteiger partial charge in [-0.25, -0.2) is 13.9 Å². The summed E-state index contributed by atoms with van der Waals surface area (Å²) in [7, 11) is 3.94. The largest absolute Gasteiger partial charge is 0.373 e. The van der Waals surface area contributed by atoms with Gasteiger partial charge in [0, 0.05) is 31.0 Å². The van der Waals surface area contributed by atoms with Crippen molar-refractivity contribution in [3.05, 3.63) is 41.5 Å². The van der Waals surface area contributed by atoms with Gasteiger partial charge in [0.1, 0.15) is 5.69 Å². The zero-order chi connectivity index (χ0) is 19.6. The number of anilines is 1. The number of hydrogen-bond donors (Lipinski definition) is 1. The minimum Gasteiger partial charge on any atom is -0.373 e. The molecule has 0 bridgehead atoms. The van der Waals surface area contributed by atoms with E-state index in [-0.39, 0.29) is 12.1 Å². The van der Waals surface area contributed by atoms with Crippen molar-refractivity contribution in [1.82, 2.24) is 19.6 Å². The highest BCUT2D eigenvalue weighted by atomic mass is 19.1. The molecule has 1 N–H and O–H groups in total. The van der Waals surface area contributed by atoms with Gasteiger partial charge in [0.15, 0.2) is 5.82 Å². The second kappa shape index (κ2) is 8.06. The Balaban J connectivity index is 1.68. The first kappa shape index (κ1) is 19.3. The molecule has 1 aliphatic rings. The molecule has 2 amide bonds. The van der Waals surface area contributed by atoms with Crippen LogP contribution >= 0.6 is 0 Å². The SMILES string of the molecule is Cc1cc(C)n(-c2ccc(NC(=O)N3CCOC(CN(C)C)C3)cc2F)n1. The summed E-state index contributed by atoms with van der Waals surface area (Å²) in [6.07, 6.45) is -0.0235. The van der Waals surface area contributed by atoms with E-state index >= 15 is 0 Å². The smallest absolute Gasteiger partial charge is 0.322 e. The number of hydrogen-bond acceptors (Lipinski definition) is 4. The molecule has 2 aromatic rings. The molecule has 0 spiro atoms. The Kier molecular flexibility index (Phi) is 5.76. The number of likely N-dealkylation sites (N-methyl/N-ethyl adjacent to an activating group) is 1. The number of nitrogens with one attached hydrogen (secondary N) is 1. The van der Waals surface area contributed by atoms with Crippen molar-refractivity contribution < 1.29 is 13.9 Å². The Hall–Kier alpha value is -2.45. The fraction of sp³-hybridized carbons (Fsp3) is 0.474. The van der Waals surface area contributed by atoms with Crippen LogP contribution in [0.2, 0.25) is 0 Å². The summed E-state index contributed by atoms with van der Waals surface area (Å²) in [5, 5.41) is 7.07. The van der Waals surface area contributed by atoms with Crippen LogP contribution in [0.25, 0.3) is 5.69 Å². The number of morpholine rings is 1. The lowest BCUT2D eigenvalue weighted by molar-refractivity contribution is -0.0228. The van der Waals surface area contributed by atoms with Gasteiger partial charge in [-0.1, -0.05) is 0 Å². The molecule has 8 heteroatoms. The molecule has 2 heterocycles. The molecule has 1 unspecified atom stereocenters. The maximum Gasteiger partial charge on any atom is 0.322 e.